The third kappa shape index (κ3) is 3.76. The Hall–Kier alpha value is -2.65. The summed E-state index contributed by atoms with van der Waals surface area (Å²) >= 11 is 3.32. The summed E-state index contributed by atoms with van der Waals surface area (Å²) in [6.07, 6.45) is 5.34. The van der Waals surface area contributed by atoms with Gasteiger partial charge in [-0.25, -0.2) is 9.97 Å². The summed E-state index contributed by atoms with van der Waals surface area (Å²) in [5.74, 6) is 0. The number of benzene rings is 1. The van der Waals surface area contributed by atoms with E-state index in [4.69, 9.17) is 4.74 Å². The molecule has 1 aliphatic heterocycles. The summed E-state index contributed by atoms with van der Waals surface area (Å²) in [5.41, 5.74) is 6.10. The molecule has 4 heterocycles. The molecule has 0 bridgehead atoms. The van der Waals surface area contributed by atoms with Crippen molar-refractivity contribution in [2.75, 3.05) is 19.0 Å². The predicted octanol–water partition coefficient (Wildman–Crippen LogP) is 5.30. The van der Waals surface area contributed by atoms with Crippen molar-refractivity contribution in [3.63, 3.8) is 0 Å². The lowest BCUT2D eigenvalue weighted by atomic mass is 9.99. The van der Waals surface area contributed by atoms with E-state index in [-0.39, 0.29) is 6.04 Å². The van der Waals surface area contributed by atoms with Crippen molar-refractivity contribution < 1.29 is 9.53 Å². The first-order chi connectivity index (χ1) is 15.2. The van der Waals surface area contributed by atoms with Crippen LogP contribution >= 0.6 is 22.7 Å². The Labute approximate surface area is 188 Å². The van der Waals surface area contributed by atoms with Gasteiger partial charge in [-0.1, -0.05) is 6.08 Å². The zero-order valence-corrected chi connectivity index (χ0v) is 18.9. The van der Waals surface area contributed by atoms with Crippen molar-refractivity contribution in [1.29, 1.82) is 0 Å². The number of thiophene rings is 1. The highest BCUT2D eigenvalue weighted by molar-refractivity contribution is 7.19. The number of carbonyl (C=O) groups excluding carboxylic acids is 1. The zero-order valence-electron chi connectivity index (χ0n) is 17.2. The Morgan fingerprint density at radius 2 is 2.19 bits per heavy atom. The van der Waals surface area contributed by atoms with Crippen LogP contribution in [0.5, 0.6) is 0 Å². The lowest BCUT2D eigenvalue weighted by Gasteiger charge is -2.36. The lowest BCUT2D eigenvalue weighted by Crippen LogP contribution is -2.46. The molecule has 158 valence electrons. The van der Waals surface area contributed by atoms with Gasteiger partial charge in [0.05, 0.1) is 21.4 Å². The molecule has 1 aliphatic rings. The molecule has 0 saturated carbocycles. The van der Waals surface area contributed by atoms with Crippen molar-refractivity contribution in [1.82, 2.24) is 14.9 Å². The molecular weight excluding hydrogens is 428 g/mol. The number of hydrogen-bond donors (Lipinski definition) is 1. The van der Waals surface area contributed by atoms with Gasteiger partial charge in [0, 0.05) is 41.8 Å². The van der Waals surface area contributed by atoms with Gasteiger partial charge in [-0.05, 0) is 49.2 Å². The van der Waals surface area contributed by atoms with Crippen LogP contribution in [0.1, 0.15) is 18.2 Å². The van der Waals surface area contributed by atoms with Crippen LogP contribution in [0.3, 0.4) is 0 Å². The van der Waals surface area contributed by atoms with Crippen LogP contribution in [-0.4, -0.2) is 47.1 Å². The van der Waals surface area contributed by atoms with E-state index in [9.17, 15) is 4.79 Å². The fourth-order valence-electron chi connectivity index (χ4n) is 4.12. The van der Waals surface area contributed by atoms with Crippen molar-refractivity contribution >= 4 is 66.3 Å². The first-order valence-corrected chi connectivity index (χ1v) is 11.8. The zero-order chi connectivity index (χ0) is 21.4. The number of carbonyl (C=O) groups is 1. The number of fused-ring (bicyclic) bond motifs is 2. The van der Waals surface area contributed by atoms with E-state index >= 15 is 0 Å². The monoisotopic (exact) mass is 450 g/mol. The number of nitrogens with one attached hydrogen (secondary N) is 1. The summed E-state index contributed by atoms with van der Waals surface area (Å²) in [5, 5.41) is 4.62. The van der Waals surface area contributed by atoms with Crippen LogP contribution in [0.25, 0.3) is 26.0 Å². The van der Waals surface area contributed by atoms with Gasteiger partial charge in [0.1, 0.15) is 4.83 Å². The average Bonchev–Trinajstić information content (AvgIpc) is 3.43. The number of pyridine rings is 1. The molecule has 1 unspecified atom stereocenters. The summed E-state index contributed by atoms with van der Waals surface area (Å²) in [6, 6.07) is 10.5. The number of anilines is 2. The number of rotatable bonds is 6. The molecule has 0 aliphatic carbocycles. The molecular formula is C23H22N4O2S2. The third-order valence-electron chi connectivity index (χ3n) is 5.71. The second-order valence-electron chi connectivity index (χ2n) is 7.47. The number of hydrogen-bond acceptors (Lipinski definition) is 8. The molecule has 31 heavy (non-hydrogen) atoms. The number of ether oxygens (including phenoxy) is 1. The summed E-state index contributed by atoms with van der Waals surface area (Å²) in [4.78, 5) is 24.7. The number of aldehydes is 1. The molecule has 5 rings (SSSR count). The largest absolute Gasteiger partial charge is 0.359 e. The van der Waals surface area contributed by atoms with E-state index in [2.05, 4.69) is 57.4 Å². The number of aromatic nitrogens is 2. The molecule has 0 fully saturated rings. The number of thiazole rings is 1. The molecule has 0 spiro atoms. The fraction of sp³-hybridized carbons (Fsp3) is 0.261. The standard InChI is InChI=1S/C23H22N4O2S2/c1-14-16(4-3-9-27(14)22(12-28)29-2)21-11-17-18(7-8-24-23(17)31-21)26-15-5-6-20-19(10-15)25-13-30-20/h4-8,10-14,22H,3,9H2,1-2H3,(H,24,26)/t14?,22-/m1/s1. The highest BCUT2D eigenvalue weighted by Gasteiger charge is 2.29. The van der Waals surface area contributed by atoms with Gasteiger partial charge in [0.15, 0.2) is 12.5 Å². The highest BCUT2D eigenvalue weighted by atomic mass is 32.1. The maximum absolute atomic E-state index is 11.4. The van der Waals surface area contributed by atoms with Crippen LogP contribution in [-0.2, 0) is 9.53 Å². The smallest absolute Gasteiger partial charge is 0.167 e. The minimum Gasteiger partial charge on any atom is -0.359 e. The van der Waals surface area contributed by atoms with Gasteiger partial charge in [0.2, 0.25) is 0 Å². The molecule has 1 aromatic carbocycles. The summed E-state index contributed by atoms with van der Waals surface area (Å²) in [6.45, 7) is 2.93. The topological polar surface area (TPSA) is 67.3 Å². The van der Waals surface area contributed by atoms with Gasteiger partial charge in [-0.15, -0.1) is 22.7 Å². The molecule has 6 nitrogen and oxygen atoms in total. The molecule has 0 saturated heterocycles. The Bertz CT molecular complexity index is 1280. The van der Waals surface area contributed by atoms with Crippen molar-refractivity contribution in [3.8, 4) is 0 Å². The molecule has 3 aromatic heterocycles. The van der Waals surface area contributed by atoms with E-state index in [0.29, 0.717) is 0 Å². The molecule has 0 radical (unpaired) electrons. The van der Waals surface area contributed by atoms with Crippen LogP contribution in [0.2, 0.25) is 0 Å². The van der Waals surface area contributed by atoms with Crippen LogP contribution in [0.15, 0.2) is 48.1 Å². The second-order valence-corrected chi connectivity index (χ2v) is 9.39. The fourth-order valence-corrected chi connectivity index (χ4v) is 5.93. The van der Waals surface area contributed by atoms with Crippen molar-refractivity contribution in [2.24, 2.45) is 0 Å². The molecule has 8 heteroatoms. The SMILES string of the molecule is CO[C@H](C=O)N1CCC=C(c2cc3c(Nc4ccc5scnc5c4)ccnc3s2)C1C. The van der Waals surface area contributed by atoms with Gasteiger partial charge in [-0.3, -0.25) is 9.69 Å². The van der Waals surface area contributed by atoms with Gasteiger partial charge in [0.25, 0.3) is 0 Å². The molecule has 2 atom stereocenters. The summed E-state index contributed by atoms with van der Waals surface area (Å²) in [7, 11) is 1.58. The minimum absolute atomic E-state index is 0.0837. The number of nitrogens with zero attached hydrogens (tertiary/aromatic N) is 3. The van der Waals surface area contributed by atoms with Crippen LogP contribution in [0, 0.1) is 0 Å². The maximum Gasteiger partial charge on any atom is 0.167 e. The van der Waals surface area contributed by atoms with E-state index in [1.807, 2.05) is 17.8 Å². The van der Waals surface area contributed by atoms with Crippen molar-refractivity contribution in [3.05, 3.63) is 53.0 Å². The highest BCUT2D eigenvalue weighted by Crippen LogP contribution is 2.38. The van der Waals surface area contributed by atoms with Gasteiger partial charge >= 0.3 is 0 Å². The summed E-state index contributed by atoms with van der Waals surface area (Å²) < 4.78 is 6.55. The first-order valence-electron chi connectivity index (χ1n) is 10.1. The van der Waals surface area contributed by atoms with E-state index in [1.54, 1.807) is 29.8 Å². The predicted molar refractivity (Wildman–Crippen MR) is 128 cm³/mol. The second kappa shape index (κ2) is 8.47. The van der Waals surface area contributed by atoms with E-state index < -0.39 is 6.23 Å². The van der Waals surface area contributed by atoms with Crippen molar-refractivity contribution in [2.45, 2.75) is 25.6 Å². The molecule has 4 aromatic rings. The average molecular weight is 451 g/mol. The Morgan fingerprint density at radius 1 is 1.29 bits per heavy atom. The number of methoxy groups -OCH3 is 1. The Balaban J connectivity index is 1.48. The molecule has 1 N–H and O–H groups in total. The Morgan fingerprint density at radius 3 is 3.03 bits per heavy atom. The quantitative estimate of drug-likeness (QED) is 0.402. The van der Waals surface area contributed by atoms with Crippen LogP contribution < -0.4 is 5.32 Å². The first kappa shape index (κ1) is 20.3. The normalized spacial score (nSPS) is 18.3. The Kier molecular flexibility index (Phi) is 5.54. The van der Waals surface area contributed by atoms with E-state index in [1.165, 1.54) is 15.2 Å². The third-order valence-corrected chi connectivity index (χ3v) is 7.62. The van der Waals surface area contributed by atoms with Crippen LogP contribution in [0.4, 0.5) is 11.4 Å². The minimum atomic E-state index is -0.524. The van der Waals surface area contributed by atoms with Gasteiger partial charge in [-0.2, -0.15) is 0 Å². The lowest BCUT2D eigenvalue weighted by molar-refractivity contribution is -0.129. The van der Waals surface area contributed by atoms with E-state index in [0.717, 1.165) is 46.4 Å². The molecule has 0 amide bonds. The maximum atomic E-state index is 11.4. The van der Waals surface area contributed by atoms with Gasteiger partial charge < -0.3 is 10.1 Å².